The van der Waals surface area contributed by atoms with E-state index >= 15 is 0 Å². The van der Waals surface area contributed by atoms with Crippen molar-refractivity contribution in [2.75, 3.05) is 5.32 Å². The van der Waals surface area contributed by atoms with E-state index in [1.165, 1.54) is 30.6 Å². The van der Waals surface area contributed by atoms with Gasteiger partial charge in [-0.15, -0.1) is 0 Å². The number of carboxylic acids is 1. The van der Waals surface area contributed by atoms with Crippen LogP contribution in [0.1, 0.15) is 5.56 Å². The molecule has 0 spiro atoms. The molecule has 0 saturated carbocycles. The lowest BCUT2D eigenvalue weighted by molar-refractivity contribution is -0.137. The first-order chi connectivity index (χ1) is 9.95. The highest BCUT2D eigenvalue weighted by atomic mass is 35.5. The molecular weight excluding hydrogens is 301 g/mol. The van der Waals surface area contributed by atoms with E-state index in [-0.39, 0.29) is 23.6 Å². The highest BCUT2D eigenvalue weighted by Gasteiger charge is 2.13. The van der Waals surface area contributed by atoms with Crippen LogP contribution in [0.3, 0.4) is 0 Å². The molecule has 0 aliphatic carbocycles. The molecule has 110 valence electrons. The van der Waals surface area contributed by atoms with E-state index in [9.17, 15) is 14.0 Å². The van der Waals surface area contributed by atoms with E-state index in [4.69, 9.17) is 16.7 Å². The molecule has 0 bridgehead atoms. The molecule has 0 unspecified atom stereocenters. The average Bonchev–Trinajstić information content (AvgIpc) is 2.80. The van der Waals surface area contributed by atoms with E-state index in [1.807, 2.05) is 0 Å². The van der Waals surface area contributed by atoms with Gasteiger partial charge < -0.3 is 10.4 Å². The van der Waals surface area contributed by atoms with Crippen LogP contribution in [-0.2, 0) is 22.6 Å². The number of carboxylic acid groups (broad SMARTS) is 1. The van der Waals surface area contributed by atoms with Gasteiger partial charge in [-0.05, 0) is 12.1 Å². The van der Waals surface area contributed by atoms with Gasteiger partial charge in [0.25, 0.3) is 0 Å². The second-order valence-corrected chi connectivity index (χ2v) is 4.65. The molecule has 0 saturated heterocycles. The van der Waals surface area contributed by atoms with E-state index in [1.54, 1.807) is 0 Å². The molecule has 8 heteroatoms. The zero-order chi connectivity index (χ0) is 15.4. The van der Waals surface area contributed by atoms with Crippen molar-refractivity contribution >= 4 is 29.2 Å². The highest BCUT2D eigenvalue weighted by molar-refractivity contribution is 6.31. The molecule has 0 atom stereocenters. The van der Waals surface area contributed by atoms with Crippen molar-refractivity contribution in [2.45, 2.75) is 13.0 Å². The first kappa shape index (κ1) is 15.0. The van der Waals surface area contributed by atoms with Crippen LogP contribution in [-0.4, -0.2) is 26.8 Å². The maximum absolute atomic E-state index is 13.6. The van der Waals surface area contributed by atoms with Crippen LogP contribution >= 0.6 is 11.6 Å². The minimum absolute atomic E-state index is 0.106. The number of hydrogen-bond acceptors (Lipinski definition) is 3. The van der Waals surface area contributed by atoms with Crippen LogP contribution in [0.5, 0.6) is 0 Å². The summed E-state index contributed by atoms with van der Waals surface area (Å²) in [5.74, 6) is -2.08. The number of aromatic nitrogens is 2. The minimum Gasteiger partial charge on any atom is -0.480 e. The molecule has 2 rings (SSSR count). The lowest BCUT2D eigenvalue weighted by atomic mass is 10.1. The Morgan fingerprint density at radius 2 is 2.19 bits per heavy atom. The van der Waals surface area contributed by atoms with E-state index in [2.05, 4.69) is 10.4 Å². The van der Waals surface area contributed by atoms with Crippen molar-refractivity contribution in [3.63, 3.8) is 0 Å². The molecule has 21 heavy (non-hydrogen) atoms. The molecule has 2 N–H and O–H groups in total. The van der Waals surface area contributed by atoms with Gasteiger partial charge in [-0.25, -0.2) is 4.39 Å². The number of carbonyl (C=O) groups excluding carboxylic acids is 1. The fraction of sp³-hybridized carbons (Fsp3) is 0.154. The Morgan fingerprint density at radius 1 is 1.43 bits per heavy atom. The lowest BCUT2D eigenvalue weighted by Crippen LogP contribution is -2.15. The van der Waals surface area contributed by atoms with Crippen LogP contribution in [0.15, 0.2) is 30.6 Å². The van der Waals surface area contributed by atoms with Crippen LogP contribution < -0.4 is 5.32 Å². The van der Waals surface area contributed by atoms with Gasteiger partial charge in [-0.2, -0.15) is 5.10 Å². The Balaban J connectivity index is 2.02. The molecular formula is C13H11ClFN3O3. The zero-order valence-electron chi connectivity index (χ0n) is 10.7. The van der Waals surface area contributed by atoms with Crippen LogP contribution in [0.25, 0.3) is 0 Å². The van der Waals surface area contributed by atoms with Crippen molar-refractivity contribution in [2.24, 2.45) is 0 Å². The minimum atomic E-state index is -1.05. The van der Waals surface area contributed by atoms with Crippen molar-refractivity contribution in [1.29, 1.82) is 0 Å². The molecule has 2 aromatic rings. The van der Waals surface area contributed by atoms with Gasteiger partial charge in [0.1, 0.15) is 12.4 Å². The number of anilines is 1. The molecule has 1 heterocycles. The van der Waals surface area contributed by atoms with Gasteiger partial charge in [0.05, 0.1) is 18.3 Å². The van der Waals surface area contributed by atoms with Crippen LogP contribution in [0.2, 0.25) is 5.02 Å². The number of amides is 1. The zero-order valence-corrected chi connectivity index (χ0v) is 11.5. The summed E-state index contributed by atoms with van der Waals surface area (Å²) in [5, 5.41) is 15.1. The van der Waals surface area contributed by atoms with Gasteiger partial charge in [-0.1, -0.05) is 17.7 Å². The van der Waals surface area contributed by atoms with Gasteiger partial charge >= 0.3 is 5.97 Å². The normalized spacial score (nSPS) is 10.4. The number of rotatable bonds is 5. The summed E-state index contributed by atoms with van der Waals surface area (Å²) >= 11 is 5.84. The quantitative estimate of drug-likeness (QED) is 0.884. The summed E-state index contributed by atoms with van der Waals surface area (Å²) in [7, 11) is 0. The predicted molar refractivity (Wildman–Crippen MR) is 73.6 cm³/mol. The third-order valence-corrected chi connectivity index (χ3v) is 2.97. The summed E-state index contributed by atoms with van der Waals surface area (Å²) < 4.78 is 14.7. The molecule has 0 aliphatic heterocycles. The molecule has 1 amide bonds. The lowest BCUT2D eigenvalue weighted by Gasteiger charge is -2.05. The largest absolute Gasteiger partial charge is 0.480 e. The summed E-state index contributed by atoms with van der Waals surface area (Å²) in [4.78, 5) is 22.3. The summed E-state index contributed by atoms with van der Waals surface area (Å²) in [5.41, 5.74) is 0.434. The summed E-state index contributed by atoms with van der Waals surface area (Å²) in [6.45, 7) is -0.311. The monoisotopic (exact) mass is 311 g/mol. The fourth-order valence-corrected chi connectivity index (χ4v) is 1.95. The molecule has 1 aromatic heterocycles. The maximum atomic E-state index is 13.6. The Kier molecular flexibility index (Phi) is 4.54. The SMILES string of the molecule is O=C(O)Cn1cc(NC(=O)Cc2c(F)cccc2Cl)cn1. The number of nitrogens with zero attached hydrogens (tertiary/aromatic N) is 2. The van der Waals surface area contributed by atoms with Crippen LogP contribution in [0, 0.1) is 5.82 Å². The number of halogens is 2. The molecule has 1 aromatic carbocycles. The van der Waals surface area contributed by atoms with Gasteiger partial charge in [-0.3, -0.25) is 14.3 Å². The first-order valence-corrected chi connectivity index (χ1v) is 6.30. The first-order valence-electron chi connectivity index (χ1n) is 5.92. The smallest absolute Gasteiger partial charge is 0.325 e. The Hall–Kier alpha value is -2.41. The maximum Gasteiger partial charge on any atom is 0.325 e. The number of nitrogens with one attached hydrogen (secondary N) is 1. The third kappa shape index (κ3) is 4.03. The van der Waals surface area contributed by atoms with Crippen molar-refractivity contribution < 1.29 is 19.1 Å². The number of aliphatic carboxylic acids is 1. The van der Waals surface area contributed by atoms with E-state index in [0.29, 0.717) is 5.69 Å². The number of hydrogen-bond donors (Lipinski definition) is 2. The molecule has 6 nitrogen and oxygen atoms in total. The molecule has 0 radical (unpaired) electrons. The summed E-state index contributed by atoms with van der Waals surface area (Å²) in [6.07, 6.45) is 2.45. The predicted octanol–water partition coefficient (Wildman–Crippen LogP) is 1.94. The Morgan fingerprint density at radius 3 is 2.86 bits per heavy atom. The summed E-state index contributed by atoms with van der Waals surface area (Å²) in [6, 6.07) is 4.17. The number of benzene rings is 1. The molecule has 0 fully saturated rings. The van der Waals surface area contributed by atoms with Gasteiger partial charge in [0.2, 0.25) is 5.91 Å². The van der Waals surface area contributed by atoms with Crippen molar-refractivity contribution in [3.05, 3.63) is 47.0 Å². The average molecular weight is 312 g/mol. The Bertz CT molecular complexity index is 667. The van der Waals surface area contributed by atoms with Crippen molar-refractivity contribution in [1.82, 2.24) is 9.78 Å². The standard InChI is InChI=1S/C13H11ClFN3O3/c14-10-2-1-3-11(15)9(10)4-12(19)17-8-5-16-18(6-8)7-13(20)21/h1-3,5-6H,4,7H2,(H,17,19)(H,20,21). The third-order valence-electron chi connectivity index (χ3n) is 2.61. The van der Waals surface area contributed by atoms with E-state index in [0.717, 1.165) is 4.68 Å². The topological polar surface area (TPSA) is 84.2 Å². The van der Waals surface area contributed by atoms with E-state index < -0.39 is 17.7 Å². The molecule has 0 aliphatic rings. The van der Waals surface area contributed by atoms with Crippen LogP contribution in [0.4, 0.5) is 10.1 Å². The van der Waals surface area contributed by atoms with Crippen molar-refractivity contribution in [3.8, 4) is 0 Å². The Labute approximate surface area is 124 Å². The fourth-order valence-electron chi connectivity index (χ4n) is 1.72. The second-order valence-electron chi connectivity index (χ2n) is 4.25. The van der Waals surface area contributed by atoms with Gasteiger partial charge in [0.15, 0.2) is 0 Å². The number of carbonyl (C=O) groups is 2. The second kappa shape index (κ2) is 6.36. The van der Waals surface area contributed by atoms with Gasteiger partial charge in [0, 0.05) is 16.8 Å². The highest BCUT2D eigenvalue weighted by Crippen LogP contribution is 2.20.